The summed E-state index contributed by atoms with van der Waals surface area (Å²) in [7, 11) is -1.04. The fourth-order valence-corrected chi connectivity index (χ4v) is 1.85. The molecule has 86 valence electrons. The van der Waals surface area contributed by atoms with Crippen molar-refractivity contribution in [1.29, 1.82) is 0 Å². The molecule has 7 heteroatoms. The molecule has 0 saturated carbocycles. The number of hydrogen-bond acceptors (Lipinski definition) is 5. The first-order chi connectivity index (χ1) is 7.01. The molecule has 1 rings (SSSR count). The van der Waals surface area contributed by atoms with Crippen LogP contribution in [0.4, 0.5) is 0 Å². The van der Waals surface area contributed by atoms with Gasteiger partial charge in [0.1, 0.15) is 9.84 Å². The highest BCUT2D eigenvalue weighted by molar-refractivity contribution is 7.90. The first kappa shape index (κ1) is 12.1. The van der Waals surface area contributed by atoms with E-state index < -0.39 is 9.84 Å². The predicted octanol–water partition coefficient (Wildman–Crippen LogP) is -0.568. The van der Waals surface area contributed by atoms with Crippen LogP contribution in [0.5, 0.6) is 0 Å². The molecule has 1 N–H and O–H groups in total. The van der Waals surface area contributed by atoms with E-state index in [-0.39, 0.29) is 5.75 Å². The van der Waals surface area contributed by atoms with Crippen LogP contribution < -0.4 is 5.32 Å². The van der Waals surface area contributed by atoms with E-state index in [0.29, 0.717) is 19.5 Å². The zero-order valence-corrected chi connectivity index (χ0v) is 9.79. The van der Waals surface area contributed by atoms with Crippen LogP contribution in [0.3, 0.4) is 0 Å². The van der Waals surface area contributed by atoms with Gasteiger partial charge in [-0.2, -0.15) is 0 Å². The summed E-state index contributed by atoms with van der Waals surface area (Å²) in [5.41, 5.74) is 0.858. The molecule has 0 aliphatic carbocycles. The molecule has 0 amide bonds. The van der Waals surface area contributed by atoms with Gasteiger partial charge in [-0.3, -0.25) is 4.68 Å². The minimum atomic E-state index is -2.87. The third kappa shape index (κ3) is 4.89. The van der Waals surface area contributed by atoms with Gasteiger partial charge in [-0.05, 0) is 13.5 Å². The number of rotatable bonds is 6. The molecule has 0 unspecified atom stereocenters. The van der Waals surface area contributed by atoms with Crippen molar-refractivity contribution in [3.63, 3.8) is 0 Å². The summed E-state index contributed by atoms with van der Waals surface area (Å²) >= 11 is 0. The van der Waals surface area contributed by atoms with Crippen LogP contribution in [-0.2, 0) is 22.9 Å². The highest BCUT2D eigenvalue weighted by Crippen LogP contribution is 1.96. The first-order valence-electron chi connectivity index (χ1n) is 4.72. The smallest absolute Gasteiger partial charge is 0.147 e. The molecular formula is C8H16N4O2S. The number of nitrogens with one attached hydrogen (secondary N) is 1. The molecule has 6 nitrogen and oxygen atoms in total. The fourth-order valence-electron chi connectivity index (χ4n) is 1.20. The van der Waals surface area contributed by atoms with Gasteiger partial charge in [0, 0.05) is 25.5 Å². The molecular weight excluding hydrogens is 216 g/mol. The van der Waals surface area contributed by atoms with Gasteiger partial charge in [0.25, 0.3) is 0 Å². The lowest BCUT2D eigenvalue weighted by Crippen LogP contribution is -2.08. The van der Waals surface area contributed by atoms with Crippen molar-refractivity contribution in [2.75, 3.05) is 19.1 Å². The Morgan fingerprint density at radius 3 is 2.87 bits per heavy atom. The zero-order valence-electron chi connectivity index (χ0n) is 8.97. The number of nitrogens with zero attached hydrogens (tertiary/aromatic N) is 3. The summed E-state index contributed by atoms with van der Waals surface area (Å²) in [4.78, 5) is 0. The average molecular weight is 232 g/mol. The van der Waals surface area contributed by atoms with Crippen molar-refractivity contribution in [3.05, 3.63) is 11.9 Å². The molecule has 15 heavy (non-hydrogen) atoms. The van der Waals surface area contributed by atoms with Crippen LogP contribution in [-0.4, -0.2) is 42.5 Å². The van der Waals surface area contributed by atoms with E-state index in [2.05, 4.69) is 15.6 Å². The Bertz CT molecular complexity index is 399. The van der Waals surface area contributed by atoms with Crippen molar-refractivity contribution in [3.8, 4) is 0 Å². The van der Waals surface area contributed by atoms with Gasteiger partial charge in [0.05, 0.1) is 11.4 Å². The molecule has 1 aromatic rings. The maximum atomic E-state index is 10.9. The van der Waals surface area contributed by atoms with E-state index in [1.807, 2.05) is 13.2 Å². The van der Waals surface area contributed by atoms with Crippen LogP contribution in [0.25, 0.3) is 0 Å². The minimum absolute atomic E-state index is 0.189. The van der Waals surface area contributed by atoms with Gasteiger partial charge >= 0.3 is 0 Å². The topological polar surface area (TPSA) is 76.9 Å². The van der Waals surface area contributed by atoms with E-state index in [1.54, 1.807) is 4.68 Å². The standard InChI is InChI=1S/C8H16N4O2S/c1-9-6-8-7-12(11-10-8)4-3-5-15(2,13)14/h7,9H,3-6H2,1-2H3. The molecule has 0 bridgehead atoms. The van der Waals surface area contributed by atoms with Gasteiger partial charge in [0.15, 0.2) is 0 Å². The van der Waals surface area contributed by atoms with E-state index in [9.17, 15) is 8.42 Å². The predicted molar refractivity (Wildman–Crippen MR) is 57.1 cm³/mol. The van der Waals surface area contributed by atoms with Crippen molar-refractivity contribution in [2.45, 2.75) is 19.5 Å². The van der Waals surface area contributed by atoms with Crippen molar-refractivity contribution in [1.82, 2.24) is 20.3 Å². The molecule has 0 spiro atoms. The monoisotopic (exact) mass is 232 g/mol. The second kappa shape index (κ2) is 5.22. The Morgan fingerprint density at radius 1 is 1.53 bits per heavy atom. The molecule has 0 aliphatic heterocycles. The maximum Gasteiger partial charge on any atom is 0.147 e. The third-order valence-electron chi connectivity index (χ3n) is 1.85. The van der Waals surface area contributed by atoms with Gasteiger partial charge < -0.3 is 5.32 Å². The van der Waals surface area contributed by atoms with Crippen LogP contribution >= 0.6 is 0 Å². The Balaban J connectivity index is 2.38. The van der Waals surface area contributed by atoms with E-state index in [0.717, 1.165) is 5.69 Å². The van der Waals surface area contributed by atoms with Crippen LogP contribution in [0.15, 0.2) is 6.20 Å². The highest BCUT2D eigenvalue weighted by Gasteiger charge is 2.03. The summed E-state index contributed by atoms with van der Waals surface area (Å²) in [6, 6.07) is 0. The molecule has 1 heterocycles. The van der Waals surface area contributed by atoms with Crippen LogP contribution in [0.2, 0.25) is 0 Å². The summed E-state index contributed by atoms with van der Waals surface area (Å²) in [6.07, 6.45) is 3.63. The number of hydrogen-bond donors (Lipinski definition) is 1. The Kier molecular flexibility index (Phi) is 4.22. The number of aromatic nitrogens is 3. The second-order valence-corrected chi connectivity index (χ2v) is 5.75. The largest absolute Gasteiger partial charge is 0.314 e. The molecule has 0 aromatic carbocycles. The summed E-state index contributed by atoms with van der Waals surface area (Å²) in [6.45, 7) is 1.26. The van der Waals surface area contributed by atoms with Gasteiger partial charge in [0.2, 0.25) is 0 Å². The lowest BCUT2D eigenvalue weighted by Gasteiger charge is -1.98. The first-order valence-corrected chi connectivity index (χ1v) is 6.78. The lowest BCUT2D eigenvalue weighted by atomic mass is 10.4. The molecule has 1 aromatic heterocycles. The summed E-state index contributed by atoms with van der Waals surface area (Å²) in [5.74, 6) is 0.189. The van der Waals surface area contributed by atoms with Crippen molar-refractivity contribution in [2.24, 2.45) is 0 Å². The van der Waals surface area contributed by atoms with E-state index in [4.69, 9.17) is 0 Å². The quantitative estimate of drug-likeness (QED) is 0.711. The lowest BCUT2D eigenvalue weighted by molar-refractivity contribution is 0.564. The third-order valence-corrected chi connectivity index (χ3v) is 2.88. The Morgan fingerprint density at radius 2 is 2.27 bits per heavy atom. The van der Waals surface area contributed by atoms with Crippen molar-refractivity contribution < 1.29 is 8.42 Å². The minimum Gasteiger partial charge on any atom is -0.314 e. The molecule has 0 atom stereocenters. The molecule has 0 fully saturated rings. The second-order valence-electron chi connectivity index (χ2n) is 3.49. The normalized spacial score (nSPS) is 11.9. The summed E-state index contributed by atoms with van der Waals surface area (Å²) in [5, 5.41) is 10.8. The van der Waals surface area contributed by atoms with Crippen LogP contribution in [0, 0.1) is 0 Å². The van der Waals surface area contributed by atoms with Gasteiger partial charge in [-0.25, -0.2) is 8.42 Å². The Labute approximate surface area is 89.6 Å². The van der Waals surface area contributed by atoms with Gasteiger partial charge in [-0.1, -0.05) is 5.21 Å². The number of aryl methyl sites for hydroxylation is 1. The molecule has 0 aliphatic rings. The zero-order chi connectivity index (χ0) is 11.3. The molecule has 0 saturated heterocycles. The SMILES string of the molecule is CNCc1cn(CCCS(C)(=O)=O)nn1. The summed E-state index contributed by atoms with van der Waals surface area (Å²) < 4.78 is 23.4. The van der Waals surface area contributed by atoms with Crippen molar-refractivity contribution >= 4 is 9.84 Å². The van der Waals surface area contributed by atoms with E-state index in [1.165, 1.54) is 6.26 Å². The average Bonchev–Trinajstić information content (AvgIpc) is 2.51. The maximum absolute atomic E-state index is 10.9. The van der Waals surface area contributed by atoms with Gasteiger partial charge in [-0.15, -0.1) is 5.10 Å². The molecule has 0 radical (unpaired) electrons. The van der Waals surface area contributed by atoms with Crippen LogP contribution in [0.1, 0.15) is 12.1 Å². The fraction of sp³-hybridized carbons (Fsp3) is 0.750. The Hall–Kier alpha value is -0.950. The number of sulfone groups is 1. The highest BCUT2D eigenvalue weighted by atomic mass is 32.2. The van der Waals surface area contributed by atoms with E-state index >= 15 is 0 Å².